The van der Waals surface area contributed by atoms with E-state index in [9.17, 15) is 0 Å². The molecule has 0 aliphatic rings. The van der Waals surface area contributed by atoms with Gasteiger partial charge in [0.15, 0.2) is 0 Å². The second kappa shape index (κ2) is 33.0. The molecule has 0 atom stereocenters. The van der Waals surface area contributed by atoms with Crippen LogP contribution in [0.2, 0.25) is 0 Å². The van der Waals surface area contributed by atoms with E-state index in [1.807, 2.05) is 0 Å². The third-order valence-electron chi connectivity index (χ3n) is 0. The zero-order valence-corrected chi connectivity index (χ0v) is 9.35. The first-order valence-electron chi connectivity index (χ1n) is 1.02. The van der Waals surface area contributed by atoms with Crippen LogP contribution in [0.4, 0.5) is 0 Å². The van der Waals surface area contributed by atoms with E-state index in [-0.39, 0.29) is 55.3 Å². The van der Waals surface area contributed by atoms with Crippen LogP contribution in [-0.4, -0.2) is 35.6 Å². The van der Waals surface area contributed by atoms with Crippen LogP contribution in [0, 0.1) is 0 Å². The molecule has 0 saturated heterocycles. The van der Waals surface area contributed by atoms with Gasteiger partial charge in [-0.1, -0.05) is 0 Å². The summed E-state index contributed by atoms with van der Waals surface area (Å²) in [6.45, 7) is 1.93. The van der Waals surface area contributed by atoms with Gasteiger partial charge in [0.2, 0.25) is 0 Å². The Kier molecular flexibility index (Phi) is 146. The number of halogens is 2. The summed E-state index contributed by atoms with van der Waals surface area (Å²) in [5, 5.41) is 7.57. The van der Waals surface area contributed by atoms with Gasteiger partial charge in [-0.05, 0) is 6.92 Å². The fourth-order valence-corrected chi connectivity index (χ4v) is 0. The summed E-state index contributed by atoms with van der Waals surface area (Å²) in [5.74, 6) is 0. The molecule has 0 aliphatic heterocycles. The number of aliphatic hydroxyl groups is 1. The molecule has 0 heterocycles. The van der Waals surface area contributed by atoms with Gasteiger partial charge in [0.1, 0.15) is 0 Å². The Bertz CT molecular complexity index is 11.5. The molecule has 42 valence electrons. The van der Waals surface area contributed by atoms with E-state index in [0.717, 1.165) is 0 Å². The van der Waals surface area contributed by atoms with Crippen molar-refractivity contribution in [3.05, 3.63) is 0 Å². The van der Waals surface area contributed by atoms with Crippen molar-refractivity contribution in [3.8, 4) is 0 Å². The van der Waals surface area contributed by atoms with Crippen molar-refractivity contribution in [1.29, 1.82) is 0 Å². The van der Waals surface area contributed by atoms with Gasteiger partial charge in [0.05, 0.1) is 0 Å². The molecule has 0 rings (SSSR count). The molecule has 0 unspecified atom stereocenters. The van der Waals surface area contributed by atoms with Gasteiger partial charge in [-0.15, -0.1) is 24.8 Å². The fraction of sp³-hybridized carbons (Fsp3) is 1.00. The van der Waals surface area contributed by atoms with Gasteiger partial charge in [-0.3, -0.25) is 0 Å². The van der Waals surface area contributed by atoms with Gasteiger partial charge in [0, 0.05) is 6.61 Å². The van der Waals surface area contributed by atoms with Crippen LogP contribution in [0.1, 0.15) is 6.92 Å². The number of hydrogen-bond donors (Lipinski definition) is 1. The monoisotopic (exact) mass is 240 g/mol. The normalized spacial score (nSPS) is 3.00. The van der Waals surface area contributed by atoms with E-state index >= 15 is 0 Å². The number of aliphatic hydroxyl groups excluding tert-OH is 1. The molecule has 0 aromatic heterocycles. The average Bonchev–Trinajstić information content (AvgIpc) is 0.918. The first-order valence-corrected chi connectivity index (χ1v) is 1.02. The van der Waals surface area contributed by atoms with Crippen molar-refractivity contribution in [2.75, 3.05) is 6.61 Å². The van der Waals surface area contributed by atoms with E-state index in [2.05, 4.69) is 0 Å². The molecule has 1 nitrogen and oxygen atoms in total. The van der Waals surface area contributed by atoms with Gasteiger partial charge in [-0.25, -0.2) is 0 Å². The first-order chi connectivity index (χ1) is 1.41. The topological polar surface area (TPSA) is 20.2 Å². The Labute approximate surface area is 67.3 Å². The van der Waals surface area contributed by atoms with E-state index in [1.54, 1.807) is 6.92 Å². The molecule has 6 heavy (non-hydrogen) atoms. The van der Waals surface area contributed by atoms with Crippen molar-refractivity contribution >= 4 is 48.7 Å². The van der Waals surface area contributed by atoms with Crippen LogP contribution in [0.3, 0.4) is 0 Å². The van der Waals surface area contributed by atoms with Crippen LogP contribution < -0.4 is 0 Å². The summed E-state index contributed by atoms with van der Waals surface area (Å²) in [6, 6.07) is 0. The minimum atomic E-state index is 0. The van der Waals surface area contributed by atoms with Gasteiger partial charge >= 0.3 is 23.9 Å². The molecule has 0 bridgehead atoms. The molecule has 0 aromatic rings. The van der Waals surface area contributed by atoms with E-state index in [4.69, 9.17) is 5.11 Å². The second-order valence-corrected chi connectivity index (χ2v) is 0.316. The Balaban J connectivity index is -0.00000000667. The van der Waals surface area contributed by atoms with Crippen molar-refractivity contribution < 1.29 is 5.11 Å². The molecule has 0 fully saturated rings. The molecular weight excluding hydrogens is 230 g/mol. The molecule has 4 heteroatoms. The van der Waals surface area contributed by atoms with Crippen molar-refractivity contribution in [3.63, 3.8) is 0 Å². The quantitative estimate of drug-likeness (QED) is 0.587. The Hall–Kier alpha value is 1.34. The summed E-state index contributed by atoms with van der Waals surface area (Å²) >= 11 is 0. The molecule has 0 aliphatic carbocycles. The Morgan fingerprint density at radius 1 is 1.33 bits per heavy atom. The minimum absolute atomic E-state index is 0. The maximum absolute atomic E-state index is 7.57. The standard InChI is InChI=1S/C2H6O.2ClH.Sn.2H/c1-2-3;;;;;/h3H,2H2,1H3;2*1H;;;. The van der Waals surface area contributed by atoms with Crippen LogP contribution >= 0.6 is 24.8 Å². The average molecular weight is 240 g/mol. The predicted octanol–water partition coefficient (Wildman–Crippen LogP) is -0.0740. The molecule has 0 spiro atoms. The summed E-state index contributed by atoms with van der Waals surface area (Å²) in [4.78, 5) is 0. The summed E-state index contributed by atoms with van der Waals surface area (Å²) in [5.41, 5.74) is 0. The molecule has 0 aromatic carbocycles. The van der Waals surface area contributed by atoms with Crippen molar-refractivity contribution in [1.82, 2.24) is 0 Å². The summed E-state index contributed by atoms with van der Waals surface area (Å²) in [6.07, 6.45) is 0. The van der Waals surface area contributed by atoms with Crippen LogP contribution in [0.25, 0.3) is 0 Å². The van der Waals surface area contributed by atoms with Crippen LogP contribution in [0.15, 0.2) is 0 Å². The van der Waals surface area contributed by atoms with E-state index in [1.165, 1.54) is 0 Å². The van der Waals surface area contributed by atoms with Gasteiger partial charge in [-0.2, -0.15) is 0 Å². The zero-order chi connectivity index (χ0) is 2.71. The Morgan fingerprint density at radius 2 is 1.33 bits per heavy atom. The van der Waals surface area contributed by atoms with Crippen LogP contribution in [0.5, 0.6) is 0 Å². The first kappa shape index (κ1) is 26.5. The van der Waals surface area contributed by atoms with Gasteiger partial charge in [0.25, 0.3) is 0 Å². The summed E-state index contributed by atoms with van der Waals surface area (Å²) < 4.78 is 0. The second-order valence-electron chi connectivity index (χ2n) is 0.316. The number of rotatable bonds is 0. The molecule has 0 amide bonds. The Morgan fingerprint density at radius 3 is 1.33 bits per heavy atom. The zero-order valence-electron chi connectivity index (χ0n) is 3.68. The summed E-state index contributed by atoms with van der Waals surface area (Å²) in [7, 11) is 0. The molecule has 1 N–H and O–H groups in total. The molecule has 2 radical (unpaired) electrons. The third kappa shape index (κ3) is 56.1. The number of hydrogen-bond acceptors (Lipinski definition) is 1. The third-order valence-corrected chi connectivity index (χ3v) is 0. The van der Waals surface area contributed by atoms with E-state index < -0.39 is 0 Å². The van der Waals surface area contributed by atoms with Crippen LogP contribution in [-0.2, 0) is 0 Å². The maximum atomic E-state index is 7.57. The fourth-order valence-electron chi connectivity index (χ4n) is 0. The predicted molar refractivity (Wildman–Crippen MR) is 35.8 cm³/mol. The molecular formula is C2H10Cl2OSn. The van der Waals surface area contributed by atoms with Crippen molar-refractivity contribution in [2.24, 2.45) is 0 Å². The molecule has 0 saturated carbocycles. The van der Waals surface area contributed by atoms with Gasteiger partial charge < -0.3 is 5.11 Å². The SMILES string of the molecule is CCO.Cl.Cl.[SnH2]. The van der Waals surface area contributed by atoms with Crippen molar-refractivity contribution in [2.45, 2.75) is 6.92 Å². The van der Waals surface area contributed by atoms with E-state index in [0.29, 0.717) is 0 Å².